The molecule has 1 unspecified atom stereocenters. The van der Waals surface area contributed by atoms with Crippen LogP contribution in [-0.4, -0.2) is 22.2 Å². The Labute approximate surface area is 90.9 Å². The summed E-state index contributed by atoms with van der Waals surface area (Å²) in [4.78, 5) is 4.25. The summed E-state index contributed by atoms with van der Waals surface area (Å²) < 4.78 is 0. The molecule has 0 radical (unpaired) electrons. The van der Waals surface area contributed by atoms with E-state index in [9.17, 15) is 0 Å². The van der Waals surface area contributed by atoms with Crippen molar-refractivity contribution in [2.24, 2.45) is 11.8 Å². The minimum Gasteiger partial charge on any atom is -0.310 e. The van der Waals surface area contributed by atoms with Crippen LogP contribution in [0.4, 0.5) is 0 Å². The van der Waals surface area contributed by atoms with Gasteiger partial charge in [0.05, 0.1) is 6.04 Å². The molecule has 15 heavy (non-hydrogen) atoms. The van der Waals surface area contributed by atoms with Gasteiger partial charge in [0.2, 0.25) is 0 Å². The Kier molecular flexibility index (Phi) is 3.36. The molecule has 1 saturated carbocycles. The zero-order valence-electron chi connectivity index (χ0n) is 9.53. The van der Waals surface area contributed by atoms with Crippen LogP contribution in [0.25, 0.3) is 0 Å². The number of hydrogen-bond acceptors (Lipinski definition) is 3. The van der Waals surface area contributed by atoms with Gasteiger partial charge < -0.3 is 5.32 Å². The first kappa shape index (κ1) is 10.6. The van der Waals surface area contributed by atoms with Crippen molar-refractivity contribution in [2.75, 3.05) is 7.05 Å². The van der Waals surface area contributed by atoms with Crippen molar-refractivity contribution in [1.29, 1.82) is 0 Å². The van der Waals surface area contributed by atoms with E-state index in [4.69, 9.17) is 0 Å². The van der Waals surface area contributed by atoms with Gasteiger partial charge in [-0.1, -0.05) is 19.8 Å². The van der Waals surface area contributed by atoms with E-state index in [0.717, 1.165) is 11.7 Å². The van der Waals surface area contributed by atoms with Gasteiger partial charge in [-0.25, -0.2) is 4.98 Å². The Morgan fingerprint density at radius 2 is 2.13 bits per heavy atom. The largest absolute Gasteiger partial charge is 0.310 e. The summed E-state index contributed by atoms with van der Waals surface area (Å²) in [5.74, 6) is 2.59. The molecule has 1 atom stereocenters. The van der Waals surface area contributed by atoms with Crippen LogP contribution in [0.1, 0.15) is 44.5 Å². The Bertz CT molecular complexity index is 275. The van der Waals surface area contributed by atoms with Crippen molar-refractivity contribution in [2.45, 2.75) is 38.6 Å². The minimum atomic E-state index is 0.347. The molecule has 2 rings (SSSR count). The van der Waals surface area contributed by atoms with Gasteiger partial charge >= 0.3 is 0 Å². The molecule has 4 nitrogen and oxygen atoms in total. The molecular weight excluding hydrogens is 188 g/mol. The van der Waals surface area contributed by atoms with Gasteiger partial charge in [0, 0.05) is 0 Å². The third kappa shape index (κ3) is 2.37. The van der Waals surface area contributed by atoms with Crippen LogP contribution < -0.4 is 5.32 Å². The van der Waals surface area contributed by atoms with Gasteiger partial charge in [-0.2, -0.15) is 5.10 Å². The molecule has 1 heterocycles. The van der Waals surface area contributed by atoms with Crippen LogP contribution in [0, 0.1) is 11.8 Å². The summed E-state index contributed by atoms with van der Waals surface area (Å²) in [6.45, 7) is 2.35. The highest BCUT2D eigenvalue weighted by Gasteiger charge is 2.27. The number of rotatable bonds is 3. The molecule has 1 aliphatic carbocycles. The maximum Gasteiger partial charge on any atom is 0.141 e. The summed E-state index contributed by atoms with van der Waals surface area (Å²) in [7, 11) is 2.01. The fourth-order valence-corrected chi connectivity index (χ4v) is 2.58. The van der Waals surface area contributed by atoms with Crippen molar-refractivity contribution in [3.05, 3.63) is 12.2 Å². The van der Waals surface area contributed by atoms with E-state index >= 15 is 0 Å². The SMILES string of the molecule is CNC(c1ncn[nH]1)C1CCC(C)CC1. The lowest BCUT2D eigenvalue weighted by atomic mass is 9.79. The van der Waals surface area contributed by atoms with E-state index in [1.165, 1.54) is 25.7 Å². The lowest BCUT2D eigenvalue weighted by molar-refractivity contribution is 0.232. The van der Waals surface area contributed by atoms with Crippen LogP contribution in [0.2, 0.25) is 0 Å². The van der Waals surface area contributed by atoms with E-state index in [-0.39, 0.29) is 0 Å². The van der Waals surface area contributed by atoms with Crippen molar-refractivity contribution in [1.82, 2.24) is 20.5 Å². The molecule has 0 aliphatic heterocycles. The summed E-state index contributed by atoms with van der Waals surface area (Å²) in [5, 5.41) is 10.3. The molecule has 0 amide bonds. The average molecular weight is 208 g/mol. The fourth-order valence-electron chi connectivity index (χ4n) is 2.58. The van der Waals surface area contributed by atoms with Gasteiger partial charge in [-0.3, -0.25) is 5.10 Å². The Morgan fingerprint density at radius 3 is 2.67 bits per heavy atom. The molecular formula is C11H20N4. The van der Waals surface area contributed by atoms with Crippen LogP contribution in [-0.2, 0) is 0 Å². The molecule has 0 spiro atoms. The standard InChI is InChI=1S/C11H20N4/c1-8-3-5-9(6-4-8)10(12-2)11-13-7-14-15-11/h7-10,12H,3-6H2,1-2H3,(H,13,14,15). The molecule has 84 valence electrons. The molecule has 0 saturated heterocycles. The Hall–Kier alpha value is -0.900. The monoisotopic (exact) mass is 208 g/mol. The molecule has 0 bridgehead atoms. The first-order chi connectivity index (χ1) is 7.31. The number of aromatic nitrogens is 3. The zero-order valence-corrected chi connectivity index (χ0v) is 9.53. The first-order valence-corrected chi connectivity index (χ1v) is 5.83. The van der Waals surface area contributed by atoms with Gasteiger partial charge in [0.1, 0.15) is 12.2 Å². The first-order valence-electron chi connectivity index (χ1n) is 5.83. The average Bonchev–Trinajstić information content (AvgIpc) is 2.75. The normalized spacial score (nSPS) is 28.9. The number of nitrogens with zero attached hydrogens (tertiary/aromatic N) is 2. The predicted octanol–water partition coefficient (Wildman–Crippen LogP) is 1.89. The molecule has 2 N–H and O–H groups in total. The second-order valence-electron chi connectivity index (χ2n) is 4.66. The van der Waals surface area contributed by atoms with Gasteiger partial charge in [0.25, 0.3) is 0 Å². The number of H-pyrrole nitrogens is 1. The Morgan fingerprint density at radius 1 is 1.40 bits per heavy atom. The van der Waals surface area contributed by atoms with E-state index in [0.29, 0.717) is 12.0 Å². The van der Waals surface area contributed by atoms with Crippen molar-refractivity contribution in [3.8, 4) is 0 Å². The molecule has 4 heteroatoms. The quantitative estimate of drug-likeness (QED) is 0.797. The highest BCUT2D eigenvalue weighted by atomic mass is 15.2. The summed E-state index contributed by atoms with van der Waals surface area (Å²) >= 11 is 0. The number of aromatic amines is 1. The highest BCUT2D eigenvalue weighted by Crippen LogP contribution is 2.35. The molecule has 0 aromatic carbocycles. The van der Waals surface area contributed by atoms with Crippen molar-refractivity contribution < 1.29 is 0 Å². The summed E-state index contributed by atoms with van der Waals surface area (Å²) in [6.07, 6.45) is 6.87. The lowest BCUT2D eigenvalue weighted by Gasteiger charge is -2.31. The lowest BCUT2D eigenvalue weighted by Crippen LogP contribution is -2.29. The van der Waals surface area contributed by atoms with Crippen LogP contribution >= 0.6 is 0 Å². The summed E-state index contributed by atoms with van der Waals surface area (Å²) in [6, 6.07) is 0.347. The maximum atomic E-state index is 4.25. The number of nitrogens with one attached hydrogen (secondary N) is 2. The van der Waals surface area contributed by atoms with Crippen molar-refractivity contribution >= 4 is 0 Å². The third-order valence-electron chi connectivity index (χ3n) is 3.57. The predicted molar refractivity (Wildman–Crippen MR) is 59.3 cm³/mol. The third-order valence-corrected chi connectivity index (χ3v) is 3.57. The van der Waals surface area contributed by atoms with Crippen LogP contribution in [0.5, 0.6) is 0 Å². The zero-order chi connectivity index (χ0) is 10.7. The van der Waals surface area contributed by atoms with E-state index in [1.807, 2.05) is 7.05 Å². The Balaban J connectivity index is 2.01. The molecule has 1 aromatic rings. The molecule has 1 fully saturated rings. The van der Waals surface area contributed by atoms with E-state index < -0.39 is 0 Å². The molecule has 1 aliphatic rings. The van der Waals surface area contributed by atoms with Gasteiger partial charge in [0.15, 0.2) is 0 Å². The van der Waals surface area contributed by atoms with Gasteiger partial charge in [-0.05, 0) is 31.7 Å². The molecule has 1 aromatic heterocycles. The minimum absolute atomic E-state index is 0.347. The number of hydrogen-bond donors (Lipinski definition) is 2. The smallest absolute Gasteiger partial charge is 0.141 e. The van der Waals surface area contributed by atoms with Crippen LogP contribution in [0.3, 0.4) is 0 Å². The van der Waals surface area contributed by atoms with Gasteiger partial charge in [-0.15, -0.1) is 0 Å². The fraction of sp³-hybridized carbons (Fsp3) is 0.818. The topological polar surface area (TPSA) is 53.6 Å². The second kappa shape index (κ2) is 4.75. The summed E-state index contributed by atoms with van der Waals surface area (Å²) in [5.41, 5.74) is 0. The van der Waals surface area contributed by atoms with Crippen molar-refractivity contribution in [3.63, 3.8) is 0 Å². The maximum absolute atomic E-state index is 4.25. The highest BCUT2D eigenvalue weighted by molar-refractivity contribution is 4.95. The van der Waals surface area contributed by atoms with E-state index in [1.54, 1.807) is 6.33 Å². The van der Waals surface area contributed by atoms with E-state index in [2.05, 4.69) is 27.4 Å². The second-order valence-corrected chi connectivity index (χ2v) is 4.66. The van der Waals surface area contributed by atoms with Crippen LogP contribution in [0.15, 0.2) is 6.33 Å².